The zero-order valence-corrected chi connectivity index (χ0v) is 14.6. The van der Waals surface area contributed by atoms with Crippen molar-refractivity contribution >= 4 is 11.5 Å². The summed E-state index contributed by atoms with van der Waals surface area (Å²) in [7, 11) is 0. The lowest BCUT2D eigenvalue weighted by atomic mass is 9.84. The lowest BCUT2D eigenvalue weighted by Crippen LogP contribution is -2.33. The van der Waals surface area contributed by atoms with Gasteiger partial charge in [0.1, 0.15) is 0 Å². The van der Waals surface area contributed by atoms with Crippen LogP contribution in [0.2, 0.25) is 0 Å². The molecule has 1 aliphatic carbocycles. The molecule has 2 aromatic rings. The van der Waals surface area contributed by atoms with Crippen LogP contribution >= 0.6 is 0 Å². The topological polar surface area (TPSA) is 74.7 Å². The Kier molecular flexibility index (Phi) is 3.45. The number of hydrogen-bond acceptors (Lipinski definition) is 3. The molecule has 5 heteroatoms. The average Bonchev–Trinajstić information content (AvgIpc) is 3.26. The number of ether oxygens (including phenoxy) is 1. The second-order valence-corrected chi connectivity index (χ2v) is 7.96. The third kappa shape index (κ3) is 2.61. The van der Waals surface area contributed by atoms with Crippen LogP contribution in [-0.4, -0.2) is 27.7 Å². The Bertz CT molecular complexity index is 900. The van der Waals surface area contributed by atoms with Gasteiger partial charge in [0.25, 0.3) is 0 Å². The van der Waals surface area contributed by atoms with Gasteiger partial charge in [-0.05, 0) is 69.2 Å². The number of hydrogen-bond donors (Lipinski definition) is 1. The Hall–Kier alpha value is -2.32. The molecule has 0 aromatic carbocycles. The maximum atomic E-state index is 11.7. The fourth-order valence-corrected chi connectivity index (χ4v) is 4.14. The van der Waals surface area contributed by atoms with E-state index in [2.05, 4.69) is 32.0 Å². The Morgan fingerprint density at radius 1 is 1.40 bits per heavy atom. The molecule has 1 saturated carbocycles. The summed E-state index contributed by atoms with van der Waals surface area (Å²) >= 11 is 0. The summed E-state index contributed by atoms with van der Waals surface area (Å²) in [6.45, 7) is 4.96. The molecule has 1 saturated heterocycles. The molecule has 2 aliphatic rings. The summed E-state index contributed by atoms with van der Waals surface area (Å²) in [4.78, 5) is 11.7. The minimum Gasteiger partial charge on any atom is -0.478 e. The zero-order valence-electron chi connectivity index (χ0n) is 14.6. The van der Waals surface area contributed by atoms with Crippen LogP contribution in [0.25, 0.3) is 5.52 Å². The maximum absolute atomic E-state index is 11.7. The van der Waals surface area contributed by atoms with Crippen molar-refractivity contribution in [1.82, 2.24) is 4.40 Å². The van der Waals surface area contributed by atoms with Crippen molar-refractivity contribution in [1.29, 1.82) is 5.26 Å². The molecule has 1 aliphatic heterocycles. The number of carboxylic acids is 1. The number of fused-ring (bicyclic) bond motifs is 1. The summed E-state index contributed by atoms with van der Waals surface area (Å²) in [5.41, 5.74) is 2.19. The molecule has 0 spiro atoms. The van der Waals surface area contributed by atoms with Gasteiger partial charge in [-0.3, -0.25) is 0 Å². The van der Waals surface area contributed by atoms with E-state index in [-0.39, 0.29) is 11.2 Å². The van der Waals surface area contributed by atoms with E-state index in [0.29, 0.717) is 11.6 Å². The number of carboxylic acid groups (broad SMARTS) is 1. The van der Waals surface area contributed by atoms with Crippen molar-refractivity contribution in [2.24, 2.45) is 0 Å². The molecule has 4 rings (SSSR count). The third-order valence-electron chi connectivity index (χ3n) is 5.61. The molecule has 2 aromatic heterocycles. The van der Waals surface area contributed by atoms with E-state index in [1.54, 1.807) is 6.07 Å². The lowest BCUT2D eigenvalue weighted by Gasteiger charge is -2.35. The largest absolute Gasteiger partial charge is 0.478 e. The molecule has 1 N–H and O–H groups in total. The predicted octanol–water partition coefficient (Wildman–Crippen LogP) is 3.87. The first-order valence-corrected chi connectivity index (χ1v) is 8.79. The monoisotopic (exact) mass is 338 g/mol. The molecule has 130 valence electrons. The van der Waals surface area contributed by atoms with Crippen LogP contribution in [0.5, 0.6) is 0 Å². The van der Waals surface area contributed by atoms with Crippen LogP contribution in [0.3, 0.4) is 0 Å². The number of pyridine rings is 1. The molecule has 5 nitrogen and oxygen atoms in total. The molecule has 1 atom stereocenters. The van der Waals surface area contributed by atoms with E-state index < -0.39 is 11.4 Å². The van der Waals surface area contributed by atoms with Gasteiger partial charge in [-0.2, -0.15) is 5.26 Å². The van der Waals surface area contributed by atoms with Crippen LogP contribution in [0, 0.1) is 11.3 Å². The fraction of sp³-hybridized carbons (Fsp3) is 0.500. The Morgan fingerprint density at radius 2 is 2.16 bits per heavy atom. The Labute approximate surface area is 146 Å². The number of nitriles is 1. The summed E-state index contributed by atoms with van der Waals surface area (Å²) in [6, 6.07) is 8.19. The van der Waals surface area contributed by atoms with Gasteiger partial charge in [0.15, 0.2) is 0 Å². The molecule has 0 amide bonds. The number of carbonyl (C=O) groups is 1. The molecule has 3 heterocycles. The van der Waals surface area contributed by atoms with Gasteiger partial charge in [0.2, 0.25) is 0 Å². The van der Waals surface area contributed by atoms with Gasteiger partial charge in [-0.1, -0.05) is 0 Å². The fourth-order valence-electron chi connectivity index (χ4n) is 4.14. The Balaban J connectivity index is 1.80. The summed E-state index contributed by atoms with van der Waals surface area (Å²) < 4.78 is 7.70. The highest BCUT2D eigenvalue weighted by atomic mass is 16.5. The second kappa shape index (κ2) is 5.34. The third-order valence-corrected chi connectivity index (χ3v) is 5.61. The lowest BCUT2D eigenvalue weighted by molar-refractivity contribution is -0.0593. The molecule has 25 heavy (non-hydrogen) atoms. The van der Waals surface area contributed by atoms with E-state index in [1.165, 1.54) is 5.56 Å². The van der Waals surface area contributed by atoms with Gasteiger partial charge in [-0.15, -0.1) is 0 Å². The summed E-state index contributed by atoms with van der Waals surface area (Å²) in [5.74, 6) is -0.555. The smallest absolute Gasteiger partial charge is 0.337 e. The summed E-state index contributed by atoms with van der Waals surface area (Å²) in [6.07, 6.45) is 5.32. The second-order valence-electron chi connectivity index (χ2n) is 7.96. The highest BCUT2D eigenvalue weighted by Crippen LogP contribution is 2.49. The van der Waals surface area contributed by atoms with Gasteiger partial charge >= 0.3 is 5.97 Å². The summed E-state index contributed by atoms with van der Waals surface area (Å²) in [5, 5.41) is 19.1. The highest BCUT2D eigenvalue weighted by Gasteiger charge is 2.49. The van der Waals surface area contributed by atoms with Crippen molar-refractivity contribution in [3.05, 3.63) is 41.2 Å². The highest BCUT2D eigenvalue weighted by molar-refractivity contribution is 5.92. The van der Waals surface area contributed by atoms with Crippen molar-refractivity contribution in [3.63, 3.8) is 0 Å². The van der Waals surface area contributed by atoms with E-state index in [0.717, 1.165) is 37.8 Å². The van der Waals surface area contributed by atoms with Crippen LogP contribution in [-0.2, 0) is 10.2 Å². The Morgan fingerprint density at radius 3 is 2.76 bits per heavy atom. The molecule has 0 radical (unpaired) electrons. The number of rotatable bonds is 3. The van der Waals surface area contributed by atoms with Crippen molar-refractivity contribution in [2.75, 3.05) is 6.61 Å². The minimum atomic E-state index is -0.964. The number of nitrogens with zero attached hydrogens (tertiary/aromatic N) is 2. The first-order valence-electron chi connectivity index (χ1n) is 8.79. The van der Waals surface area contributed by atoms with E-state index in [1.807, 2.05) is 10.6 Å². The first-order chi connectivity index (χ1) is 11.9. The van der Waals surface area contributed by atoms with Crippen molar-refractivity contribution in [3.8, 4) is 6.07 Å². The predicted molar refractivity (Wildman–Crippen MR) is 92.9 cm³/mol. The quantitative estimate of drug-likeness (QED) is 0.922. The molecular weight excluding hydrogens is 316 g/mol. The van der Waals surface area contributed by atoms with E-state index in [9.17, 15) is 15.2 Å². The molecule has 2 fully saturated rings. The van der Waals surface area contributed by atoms with Crippen LogP contribution in [0.4, 0.5) is 0 Å². The normalized spacial score (nSPS) is 24.0. The van der Waals surface area contributed by atoms with Crippen LogP contribution in [0.1, 0.15) is 67.1 Å². The average molecular weight is 338 g/mol. The maximum Gasteiger partial charge on any atom is 0.337 e. The zero-order chi connectivity index (χ0) is 17.8. The molecule has 0 bridgehead atoms. The minimum absolute atomic E-state index is 0.132. The van der Waals surface area contributed by atoms with Gasteiger partial charge in [0.05, 0.1) is 28.3 Å². The molecule has 0 unspecified atom stereocenters. The van der Waals surface area contributed by atoms with Crippen LogP contribution < -0.4 is 0 Å². The van der Waals surface area contributed by atoms with Crippen molar-refractivity contribution in [2.45, 2.75) is 56.5 Å². The van der Waals surface area contributed by atoms with Gasteiger partial charge in [-0.25, -0.2) is 4.79 Å². The van der Waals surface area contributed by atoms with E-state index >= 15 is 0 Å². The number of aromatic carboxylic acids is 1. The van der Waals surface area contributed by atoms with E-state index in [4.69, 9.17) is 4.74 Å². The van der Waals surface area contributed by atoms with Crippen LogP contribution in [0.15, 0.2) is 24.4 Å². The molecular formula is C20H22N2O3. The van der Waals surface area contributed by atoms with Crippen molar-refractivity contribution < 1.29 is 14.6 Å². The SMILES string of the molecule is CC1(C)C[C@@H](c2ccn3c(C4(C#N)CC4)c(C(=O)O)cc3c2)CCO1. The van der Waals surface area contributed by atoms with Gasteiger partial charge in [0, 0.05) is 18.3 Å². The first kappa shape index (κ1) is 16.2. The number of aromatic nitrogens is 1. The van der Waals surface area contributed by atoms with Gasteiger partial charge < -0.3 is 14.2 Å². The standard InChI is InChI=1S/C20H22N2O3/c1-19(2)11-14(4-8-25-19)13-3-7-22-15(9-13)10-16(18(23)24)17(22)20(12-21)5-6-20/h3,7,9-10,14H,4-6,8,11H2,1-2H3,(H,23,24)/t14-/m0/s1.